The molecule has 0 saturated carbocycles. The molecule has 1 unspecified atom stereocenters. The molecule has 1 aliphatic rings. The van der Waals surface area contributed by atoms with Gasteiger partial charge in [0.25, 0.3) is 0 Å². The largest absolute Gasteiger partial charge is 0.396 e. The van der Waals surface area contributed by atoms with Crippen LogP contribution in [0.1, 0.15) is 26.7 Å². The van der Waals surface area contributed by atoms with Gasteiger partial charge in [0.2, 0.25) is 0 Å². The SMILES string of the molecule is CC(C)C1(CO)CCCOC1. The lowest BCUT2D eigenvalue weighted by Crippen LogP contribution is -2.39. The normalized spacial score (nSPS) is 32.7. The van der Waals surface area contributed by atoms with Crippen LogP contribution in [-0.2, 0) is 4.74 Å². The molecule has 1 rings (SSSR count). The molecule has 0 radical (unpaired) electrons. The summed E-state index contributed by atoms with van der Waals surface area (Å²) in [5.41, 5.74) is 0.0538. The Labute approximate surface area is 68.6 Å². The molecule has 0 bridgehead atoms. The summed E-state index contributed by atoms with van der Waals surface area (Å²) in [6.07, 6.45) is 2.21. The number of rotatable bonds is 2. The first-order chi connectivity index (χ1) is 5.21. The van der Waals surface area contributed by atoms with E-state index in [-0.39, 0.29) is 12.0 Å². The molecule has 0 aliphatic carbocycles. The predicted octanol–water partition coefficient (Wildman–Crippen LogP) is 1.43. The average molecular weight is 158 g/mol. The Kier molecular flexibility index (Phi) is 2.90. The first-order valence-electron chi connectivity index (χ1n) is 4.40. The van der Waals surface area contributed by atoms with Gasteiger partial charge in [-0.1, -0.05) is 13.8 Å². The van der Waals surface area contributed by atoms with Gasteiger partial charge in [0.15, 0.2) is 0 Å². The van der Waals surface area contributed by atoms with E-state index in [0.29, 0.717) is 5.92 Å². The predicted molar refractivity (Wildman–Crippen MR) is 44.4 cm³/mol. The van der Waals surface area contributed by atoms with Gasteiger partial charge in [0.1, 0.15) is 0 Å². The van der Waals surface area contributed by atoms with Crippen molar-refractivity contribution in [3.63, 3.8) is 0 Å². The van der Waals surface area contributed by atoms with Crippen molar-refractivity contribution in [3.8, 4) is 0 Å². The fourth-order valence-corrected chi connectivity index (χ4v) is 1.64. The second-order valence-electron chi connectivity index (χ2n) is 3.83. The maximum absolute atomic E-state index is 9.23. The van der Waals surface area contributed by atoms with Crippen molar-refractivity contribution >= 4 is 0 Å². The molecule has 2 heteroatoms. The molecule has 1 N–H and O–H groups in total. The Morgan fingerprint density at radius 1 is 1.55 bits per heavy atom. The van der Waals surface area contributed by atoms with Gasteiger partial charge in [0, 0.05) is 12.0 Å². The topological polar surface area (TPSA) is 29.5 Å². The van der Waals surface area contributed by atoms with Crippen LogP contribution in [0.25, 0.3) is 0 Å². The van der Waals surface area contributed by atoms with E-state index in [1.807, 2.05) is 0 Å². The molecule has 66 valence electrons. The van der Waals surface area contributed by atoms with Crippen LogP contribution in [0.15, 0.2) is 0 Å². The van der Waals surface area contributed by atoms with E-state index >= 15 is 0 Å². The van der Waals surface area contributed by atoms with Crippen LogP contribution in [0.5, 0.6) is 0 Å². The third-order valence-corrected chi connectivity index (χ3v) is 2.89. The van der Waals surface area contributed by atoms with E-state index in [1.54, 1.807) is 0 Å². The van der Waals surface area contributed by atoms with Crippen LogP contribution in [0.4, 0.5) is 0 Å². The Bertz CT molecular complexity index is 115. The minimum Gasteiger partial charge on any atom is -0.396 e. The molecule has 1 heterocycles. The van der Waals surface area contributed by atoms with Crippen molar-refractivity contribution in [1.29, 1.82) is 0 Å². The zero-order valence-corrected chi connectivity index (χ0v) is 7.47. The second kappa shape index (κ2) is 3.55. The summed E-state index contributed by atoms with van der Waals surface area (Å²) < 4.78 is 5.38. The summed E-state index contributed by atoms with van der Waals surface area (Å²) in [4.78, 5) is 0. The Hall–Kier alpha value is -0.0800. The minimum atomic E-state index is 0.0538. The Morgan fingerprint density at radius 2 is 2.27 bits per heavy atom. The standard InChI is InChI=1S/C9H18O2/c1-8(2)9(6-10)4-3-5-11-7-9/h8,10H,3-7H2,1-2H3. The lowest BCUT2D eigenvalue weighted by Gasteiger charge is -2.38. The van der Waals surface area contributed by atoms with E-state index in [9.17, 15) is 5.11 Å². The van der Waals surface area contributed by atoms with Crippen LogP contribution >= 0.6 is 0 Å². The Balaban J connectivity index is 2.57. The fraction of sp³-hybridized carbons (Fsp3) is 1.00. The first-order valence-corrected chi connectivity index (χ1v) is 4.40. The molecule has 2 nitrogen and oxygen atoms in total. The molecule has 11 heavy (non-hydrogen) atoms. The lowest BCUT2D eigenvalue weighted by molar-refractivity contribution is -0.0641. The highest BCUT2D eigenvalue weighted by Crippen LogP contribution is 2.35. The first kappa shape index (κ1) is 9.01. The maximum atomic E-state index is 9.23. The van der Waals surface area contributed by atoms with E-state index in [0.717, 1.165) is 26.1 Å². The summed E-state index contributed by atoms with van der Waals surface area (Å²) in [5.74, 6) is 0.521. The highest BCUT2D eigenvalue weighted by molar-refractivity contribution is 4.83. The van der Waals surface area contributed by atoms with Crippen LogP contribution in [0.2, 0.25) is 0 Å². The molecule has 0 spiro atoms. The molecule has 1 atom stereocenters. The van der Waals surface area contributed by atoms with Crippen molar-refractivity contribution in [2.75, 3.05) is 19.8 Å². The smallest absolute Gasteiger partial charge is 0.0546 e. The number of ether oxygens (including phenoxy) is 1. The molecule has 0 aromatic heterocycles. The number of hydrogen-bond donors (Lipinski definition) is 1. The van der Waals surface area contributed by atoms with Gasteiger partial charge < -0.3 is 9.84 Å². The number of aliphatic hydroxyl groups is 1. The zero-order valence-electron chi connectivity index (χ0n) is 7.47. The minimum absolute atomic E-state index is 0.0538. The van der Waals surface area contributed by atoms with E-state index in [2.05, 4.69) is 13.8 Å². The second-order valence-corrected chi connectivity index (χ2v) is 3.83. The van der Waals surface area contributed by atoms with Crippen LogP contribution in [-0.4, -0.2) is 24.9 Å². The number of aliphatic hydroxyl groups excluding tert-OH is 1. The summed E-state index contributed by atoms with van der Waals surface area (Å²) >= 11 is 0. The Morgan fingerprint density at radius 3 is 2.55 bits per heavy atom. The summed E-state index contributed by atoms with van der Waals surface area (Å²) in [6.45, 7) is 6.19. The average Bonchev–Trinajstić information content (AvgIpc) is 2.05. The summed E-state index contributed by atoms with van der Waals surface area (Å²) in [6, 6.07) is 0. The van der Waals surface area contributed by atoms with Crippen molar-refractivity contribution in [3.05, 3.63) is 0 Å². The molecule has 0 aromatic rings. The lowest BCUT2D eigenvalue weighted by atomic mass is 9.74. The van der Waals surface area contributed by atoms with Crippen LogP contribution < -0.4 is 0 Å². The monoisotopic (exact) mass is 158 g/mol. The zero-order chi connectivity index (χ0) is 8.32. The summed E-state index contributed by atoms with van der Waals surface area (Å²) in [5, 5.41) is 9.23. The van der Waals surface area contributed by atoms with Gasteiger partial charge in [0.05, 0.1) is 13.2 Å². The van der Waals surface area contributed by atoms with Crippen molar-refractivity contribution in [1.82, 2.24) is 0 Å². The van der Waals surface area contributed by atoms with Crippen molar-refractivity contribution in [2.45, 2.75) is 26.7 Å². The van der Waals surface area contributed by atoms with Crippen LogP contribution in [0, 0.1) is 11.3 Å². The van der Waals surface area contributed by atoms with Crippen molar-refractivity contribution < 1.29 is 9.84 Å². The van der Waals surface area contributed by atoms with E-state index in [1.165, 1.54) is 0 Å². The third-order valence-electron chi connectivity index (χ3n) is 2.89. The van der Waals surface area contributed by atoms with Gasteiger partial charge in [-0.2, -0.15) is 0 Å². The maximum Gasteiger partial charge on any atom is 0.0546 e. The molecular formula is C9H18O2. The number of hydrogen-bond acceptors (Lipinski definition) is 2. The fourth-order valence-electron chi connectivity index (χ4n) is 1.64. The van der Waals surface area contributed by atoms with Gasteiger partial charge >= 0.3 is 0 Å². The quantitative estimate of drug-likeness (QED) is 0.658. The molecule has 1 saturated heterocycles. The van der Waals surface area contributed by atoms with Gasteiger partial charge in [-0.15, -0.1) is 0 Å². The van der Waals surface area contributed by atoms with E-state index < -0.39 is 0 Å². The van der Waals surface area contributed by atoms with Crippen molar-refractivity contribution in [2.24, 2.45) is 11.3 Å². The van der Waals surface area contributed by atoms with Crippen LogP contribution in [0.3, 0.4) is 0 Å². The summed E-state index contributed by atoms with van der Waals surface area (Å²) in [7, 11) is 0. The highest BCUT2D eigenvalue weighted by Gasteiger charge is 2.35. The highest BCUT2D eigenvalue weighted by atomic mass is 16.5. The van der Waals surface area contributed by atoms with E-state index in [4.69, 9.17) is 4.74 Å². The molecule has 1 aliphatic heterocycles. The molecule has 0 amide bonds. The van der Waals surface area contributed by atoms with Gasteiger partial charge in [-0.25, -0.2) is 0 Å². The molecular weight excluding hydrogens is 140 g/mol. The molecule has 1 fully saturated rings. The molecule has 0 aromatic carbocycles. The van der Waals surface area contributed by atoms with Gasteiger partial charge in [-0.05, 0) is 18.8 Å². The van der Waals surface area contributed by atoms with Gasteiger partial charge in [-0.3, -0.25) is 0 Å². The third kappa shape index (κ3) is 1.74.